The number of aromatic hydroxyl groups is 1. The third-order valence-electron chi connectivity index (χ3n) is 5.49. The fraction of sp³-hybridized carbons (Fsp3) is 0.400. The molecule has 0 spiro atoms. The number of Topliss-reactive ketones (excluding diaryl/α,β-unsaturated/α-hetero) is 1. The number of carbonyl (C=O) groups is 3. The predicted molar refractivity (Wildman–Crippen MR) is 118 cm³/mol. The van der Waals surface area contributed by atoms with Crippen LogP contribution < -0.4 is 9.47 Å². The van der Waals surface area contributed by atoms with Gasteiger partial charge in [0.2, 0.25) is 0 Å². The second kappa shape index (κ2) is 9.85. The summed E-state index contributed by atoms with van der Waals surface area (Å²) in [7, 11) is 0. The molecule has 2 aromatic rings. The SMILES string of the molecule is CCCCCc1c2c(cc(O)c1C(=O)O)OC(=O)c1c(cc(C)cc1C(=O)CCCC)O2. The van der Waals surface area contributed by atoms with Crippen molar-refractivity contribution >= 4 is 17.7 Å². The minimum absolute atomic E-state index is 0.0174. The van der Waals surface area contributed by atoms with Crippen LogP contribution in [0.15, 0.2) is 18.2 Å². The number of hydrogen-bond acceptors (Lipinski definition) is 6. The van der Waals surface area contributed by atoms with Gasteiger partial charge in [-0.05, 0) is 43.9 Å². The lowest BCUT2D eigenvalue weighted by Gasteiger charge is -2.16. The smallest absolute Gasteiger partial charge is 0.348 e. The van der Waals surface area contributed by atoms with Crippen LogP contribution in [0.3, 0.4) is 0 Å². The Labute approximate surface area is 187 Å². The number of rotatable bonds is 9. The molecule has 1 aliphatic heterocycles. The van der Waals surface area contributed by atoms with E-state index >= 15 is 0 Å². The van der Waals surface area contributed by atoms with Gasteiger partial charge in [-0.3, -0.25) is 4.79 Å². The Morgan fingerprint density at radius 1 is 0.969 bits per heavy atom. The molecule has 3 rings (SSSR count). The molecule has 1 heterocycles. The molecule has 170 valence electrons. The average Bonchev–Trinajstić information content (AvgIpc) is 2.86. The number of unbranched alkanes of at least 4 members (excludes halogenated alkanes) is 3. The normalized spacial score (nSPS) is 12.3. The van der Waals surface area contributed by atoms with Gasteiger partial charge < -0.3 is 19.7 Å². The van der Waals surface area contributed by atoms with E-state index in [9.17, 15) is 24.6 Å². The van der Waals surface area contributed by atoms with Gasteiger partial charge in [0.15, 0.2) is 17.3 Å². The second-order valence-corrected chi connectivity index (χ2v) is 8.04. The number of benzene rings is 2. The summed E-state index contributed by atoms with van der Waals surface area (Å²) in [5.74, 6) is -2.59. The van der Waals surface area contributed by atoms with Gasteiger partial charge in [0.05, 0.1) is 0 Å². The summed E-state index contributed by atoms with van der Waals surface area (Å²) in [6.45, 7) is 5.79. The number of phenols is 1. The third-order valence-corrected chi connectivity index (χ3v) is 5.49. The summed E-state index contributed by atoms with van der Waals surface area (Å²) in [6.07, 6.45) is 4.59. The first kappa shape index (κ1) is 23.3. The molecule has 0 saturated carbocycles. The molecule has 1 aliphatic rings. The lowest BCUT2D eigenvalue weighted by Crippen LogP contribution is -2.14. The van der Waals surface area contributed by atoms with Gasteiger partial charge >= 0.3 is 11.9 Å². The van der Waals surface area contributed by atoms with Gasteiger partial charge in [-0.25, -0.2) is 9.59 Å². The number of fused-ring (bicyclic) bond motifs is 2. The number of aryl methyl sites for hydroxylation is 1. The zero-order valence-electron chi connectivity index (χ0n) is 18.6. The van der Waals surface area contributed by atoms with Gasteiger partial charge in [0.1, 0.15) is 22.6 Å². The summed E-state index contributed by atoms with van der Waals surface area (Å²) < 4.78 is 11.6. The Hall–Kier alpha value is -3.35. The maximum absolute atomic E-state index is 13.0. The number of esters is 1. The standard InChI is InChI=1S/C25H28O7/c1-4-6-8-9-15-21(24(28)29)18(27)13-20-23(15)31-19-12-14(3)11-16(17(26)10-7-5-2)22(19)25(30)32-20/h11-13,27H,4-10H2,1-3H3,(H,28,29). The molecule has 0 unspecified atom stereocenters. The minimum atomic E-state index is -1.30. The summed E-state index contributed by atoms with van der Waals surface area (Å²) in [6, 6.07) is 4.35. The van der Waals surface area contributed by atoms with Crippen LogP contribution in [-0.2, 0) is 6.42 Å². The number of ketones is 1. The quantitative estimate of drug-likeness (QED) is 0.218. The molecular formula is C25H28O7. The first-order valence-corrected chi connectivity index (χ1v) is 11.0. The minimum Gasteiger partial charge on any atom is -0.507 e. The highest BCUT2D eigenvalue weighted by atomic mass is 16.6. The Morgan fingerprint density at radius 3 is 2.34 bits per heavy atom. The molecule has 0 saturated heterocycles. The molecule has 0 bridgehead atoms. The summed E-state index contributed by atoms with van der Waals surface area (Å²) in [5, 5.41) is 20.1. The van der Waals surface area contributed by atoms with Gasteiger partial charge in [-0.2, -0.15) is 0 Å². The molecule has 0 radical (unpaired) electrons. The fourth-order valence-corrected chi connectivity index (χ4v) is 3.89. The van der Waals surface area contributed by atoms with Crippen molar-refractivity contribution in [2.24, 2.45) is 0 Å². The zero-order chi connectivity index (χ0) is 23.4. The van der Waals surface area contributed by atoms with Gasteiger partial charge in [-0.15, -0.1) is 0 Å². The van der Waals surface area contributed by atoms with E-state index in [-0.39, 0.29) is 45.3 Å². The Balaban J connectivity index is 2.18. The number of carboxylic acids is 1. The zero-order valence-corrected chi connectivity index (χ0v) is 18.6. The lowest BCUT2D eigenvalue weighted by atomic mass is 9.97. The molecule has 0 aromatic heterocycles. The lowest BCUT2D eigenvalue weighted by molar-refractivity contribution is 0.0691. The van der Waals surface area contributed by atoms with Crippen LogP contribution in [0.5, 0.6) is 23.0 Å². The molecule has 7 heteroatoms. The van der Waals surface area contributed by atoms with Crippen LogP contribution in [0.25, 0.3) is 0 Å². The maximum Gasteiger partial charge on any atom is 0.348 e. The number of ether oxygens (including phenoxy) is 2. The van der Waals surface area contributed by atoms with Crippen molar-refractivity contribution in [3.8, 4) is 23.0 Å². The highest BCUT2D eigenvalue weighted by molar-refractivity contribution is 6.09. The highest BCUT2D eigenvalue weighted by Crippen LogP contribution is 2.46. The average molecular weight is 440 g/mol. The third kappa shape index (κ3) is 4.61. The van der Waals surface area contributed by atoms with E-state index < -0.39 is 17.7 Å². The van der Waals surface area contributed by atoms with Gasteiger partial charge in [0, 0.05) is 23.6 Å². The van der Waals surface area contributed by atoms with E-state index in [1.165, 1.54) is 0 Å². The van der Waals surface area contributed by atoms with E-state index in [0.717, 1.165) is 30.9 Å². The van der Waals surface area contributed by atoms with Crippen LogP contribution in [0.1, 0.15) is 94.6 Å². The molecular weight excluding hydrogens is 412 g/mol. The Kier molecular flexibility index (Phi) is 7.18. The number of aromatic carboxylic acids is 1. The number of carbonyl (C=O) groups excluding carboxylic acids is 2. The molecule has 0 atom stereocenters. The molecule has 0 amide bonds. The Bertz CT molecular complexity index is 1070. The summed E-state index contributed by atoms with van der Waals surface area (Å²) >= 11 is 0. The van der Waals surface area contributed by atoms with Gasteiger partial charge in [-0.1, -0.05) is 33.1 Å². The molecule has 2 aromatic carbocycles. The van der Waals surface area contributed by atoms with Crippen molar-refractivity contribution in [3.63, 3.8) is 0 Å². The molecule has 0 fully saturated rings. The Morgan fingerprint density at radius 2 is 1.69 bits per heavy atom. The topological polar surface area (TPSA) is 110 Å². The molecule has 2 N–H and O–H groups in total. The number of carboxylic acid groups (broad SMARTS) is 1. The van der Waals surface area contributed by atoms with Crippen molar-refractivity contribution in [1.29, 1.82) is 0 Å². The van der Waals surface area contributed by atoms with E-state index in [1.54, 1.807) is 19.1 Å². The largest absolute Gasteiger partial charge is 0.507 e. The van der Waals surface area contributed by atoms with Crippen molar-refractivity contribution in [1.82, 2.24) is 0 Å². The van der Waals surface area contributed by atoms with Crippen LogP contribution >= 0.6 is 0 Å². The highest BCUT2D eigenvalue weighted by Gasteiger charge is 2.33. The van der Waals surface area contributed by atoms with Crippen LogP contribution in [-0.4, -0.2) is 27.9 Å². The molecule has 0 aliphatic carbocycles. The fourth-order valence-electron chi connectivity index (χ4n) is 3.89. The van der Waals surface area contributed by atoms with E-state index in [4.69, 9.17) is 9.47 Å². The van der Waals surface area contributed by atoms with Crippen LogP contribution in [0.2, 0.25) is 0 Å². The van der Waals surface area contributed by atoms with Crippen molar-refractivity contribution in [2.45, 2.75) is 65.7 Å². The maximum atomic E-state index is 13.0. The van der Waals surface area contributed by atoms with Crippen molar-refractivity contribution in [3.05, 3.63) is 46.0 Å². The van der Waals surface area contributed by atoms with E-state index in [0.29, 0.717) is 25.7 Å². The first-order valence-electron chi connectivity index (χ1n) is 11.0. The summed E-state index contributed by atoms with van der Waals surface area (Å²) in [5.41, 5.74) is 0.961. The van der Waals surface area contributed by atoms with E-state index in [1.807, 2.05) is 13.8 Å². The van der Waals surface area contributed by atoms with Gasteiger partial charge in [0.25, 0.3) is 0 Å². The van der Waals surface area contributed by atoms with E-state index in [2.05, 4.69) is 0 Å². The predicted octanol–water partition coefficient (Wildman–Crippen LogP) is 5.83. The molecule has 32 heavy (non-hydrogen) atoms. The monoisotopic (exact) mass is 440 g/mol. The second-order valence-electron chi connectivity index (χ2n) is 8.04. The first-order chi connectivity index (χ1) is 15.3. The number of hydrogen-bond donors (Lipinski definition) is 2. The van der Waals surface area contributed by atoms with Crippen LogP contribution in [0.4, 0.5) is 0 Å². The summed E-state index contributed by atoms with van der Waals surface area (Å²) in [4.78, 5) is 37.7. The van der Waals surface area contributed by atoms with Crippen LogP contribution in [0, 0.1) is 6.92 Å². The van der Waals surface area contributed by atoms with Crippen molar-refractivity contribution in [2.75, 3.05) is 0 Å². The molecule has 7 nitrogen and oxygen atoms in total. The van der Waals surface area contributed by atoms with Crippen molar-refractivity contribution < 1.29 is 34.1 Å².